The summed E-state index contributed by atoms with van der Waals surface area (Å²) in [5.41, 5.74) is 6.39. The Hall–Kier alpha value is -2.94. The number of hydrogen-bond acceptors (Lipinski definition) is 5. The zero-order chi connectivity index (χ0) is 25.1. The second kappa shape index (κ2) is 13.6. The van der Waals surface area contributed by atoms with E-state index in [1.165, 1.54) is 6.92 Å². The maximum atomic E-state index is 13.0. The lowest BCUT2D eigenvalue weighted by Crippen LogP contribution is -2.58. The maximum Gasteiger partial charge on any atom is 0.326 e. The molecule has 0 bridgehead atoms. The van der Waals surface area contributed by atoms with E-state index in [2.05, 4.69) is 16.0 Å². The van der Waals surface area contributed by atoms with Gasteiger partial charge in [-0.2, -0.15) is 0 Å². The van der Waals surface area contributed by atoms with E-state index in [-0.39, 0.29) is 18.3 Å². The molecule has 184 valence electrons. The van der Waals surface area contributed by atoms with Crippen molar-refractivity contribution >= 4 is 23.7 Å². The molecule has 9 nitrogen and oxygen atoms in total. The molecule has 5 atom stereocenters. The Balaban J connectivity index is 3.01. The van der Waals surface area contributed by atoms with Crippen molar-refractivity contribution in [2.24, 2.45) is 17.6 Å². The number of carbonyl (C=O) groups excluding carboxylic acids is 3. The van der Waals surface area contributed by atoms with Crippen molar-refractivity contribution in [3.8, 4) is 0 Å². The fourth-order valence-corrected chi connectivity index (χ4v) is 3.27. The second-order valence-electron chi connectivity index (χ2n) is 8.94. The second-order valence-corrected chi connectivity index (χ2v) is 8.94. The summed E-state index contributed by atoms with van der Waals surface area (Å²) in [6.07, 6.45) is 1.05. The fourth-order valence-electron chi connectivity index (χ4n) is 3.27. The highest BCUT2D eigenvalue weighted by molar-refractivity contribution is 5.94. The van der Waals surface area contributed by atoms with Crippen molar-refractivity contribution in [2.75, 3.05) is 0 Å². The number of carbonyl (C=O) groups is 4. The maximum absolute atomic E-state index is 13.0. The summed E-state index contributed by atoms with van der Waals surface area (Å²) in [5.74, 6) is -2.85. The first-order chi connectivity index (χ1) is 15.5. The molecule has 0 saturated heterocycles. The van der Waals surface area contributed by atoms with Crippen molar-refractivity contribution in [1.82, 2.24) is 16.0 Å². The number of rotatable bonds is 13. The molecule has 0 aromatic heterocycles. The minimum absolute atomic E-state index is 0.0548. The Morgan fingerprint density at radius 2 is 1.45 bits per heavy atom. The lowest BCUT2D eigenvalue weighted by molar-refractivity contribution is -0.142. The molecular weight excluding hydrogens is 424 g/mol. The Bertz CT molecular complexity index is 797. The number of benzene rings is 1. The summed E-state index contributed by atoms with van der Waals surface area (Å²) in [7, 11) is 0. The van der Waals surface area contributed by atoms with Crippen LogP contribution in [0.15, 0.2) is 30.3 Å². The summed E-state index contributed by atoms with van der Waals surface area (Å²) in [6.45, 7) is 9.03. The van der Waals surface area contributed by atoms with Crippen molar-refractivity contribution in [1.29, 1.82) is 0 Å². The first-order valence-electron chi connectivity index (χ1n) is 11.4. The standard InChI is InChI=1S/C24H38N4O5/c1-6-15(4)20(28-21(29)16(5)25)23(31)26-18(12-14(2)3)22(30)27-19(24(32)33)13-17-10-8-7-9-11-17/h7-11,14-16,18-20H,6,12-13,25H2,1-5H3,(H,26,31)(H,27,30)(H,28,29)(H,32,33). The highest BCUT2D eigenvalue weighted by Gasteiger charge is 2.32. The van der Waals surface area contributed by atoms with Gasteiger partial charge in [-0.1, -0.05) is 64.4 Å². The van der Waals surface area contributed by atoms with Gasteiger partial charge < -0.3 is 26.8 Å². The Kier molecular flexibility index (Phi) is 11.6. The number of amides is 3. The number of aliphatic carboxylic acids is 1. The molecule has 3 amide bonds. The third kappa shape index (κ3) is 9.61. The Labute approximate surface area is 195 Å². The summed E-state index contributed by atoms with van der Waals surface area (Å²) in [4.78, 5) is 49.9. The monoisotopic (exact) mass is 462 g/mol. The average Bonchev–Trinajstić information content (AvgIpc) is 2.75. The van der Waals surface area contributed by atoms with E-state index < -0.39 is 47.9 Å². The van der Waals surface area contributed by atoms with Crippen LogP contribution in [-0.2, 0) is 25.6 Å². The van der Waals surface area contributed by atoms with Crippen LogP contribution in [0, 0.1) is 11.8 Å². The molecule has 1 rings (SSSR count). The van der Waals surface area contributed by atoms with Crippen LogP contribution in [0.1, 0.15) is 53.0 Å². The van der Waals surface area contributed by atoms with Crippen molar-refractivity contribution in [2.45, 2.75) is 78.0 Å². The first-order valence-corrected chi connectivity index (χ1v) is 11.4. The molecule has 0 heterocycles. The van der Waals surface area contributed by atoms with E-state index in [1.807, 2.05) is 33.8 Å². The van der Waals surface area contributed by atoms with Gasteiger partial charge >= 0.3 is 5.97 Å². The molecule has 0 aliphatic carbocycles. The van der Waals surface area contributed by atoms with Gasteiger partial charge in [-0.05, 0) is 30.7 Å². The molecular formula is C24H38N4O5. The van der Waals surface area contributed by atoms with Gasteiger partial charge in [0.25, 0.3) is 0 Å². The molecule has 1 aromatic carbocycles. The lowest BCUT2D eigenvalue weighted by atomic mass is 9.96. The van der Waals surface area contributed by atoms with Crippen LogP contribution >= 0.6 is 0 Å². The van der Waals surface area contributed by atoms with Crippen LogP contribution in [-0.4, -0.2) is 53.0 Å². The molecule has 0 fully saturated rings. The highest BCUT2D eigenvalue weighted by atomic mass is 16.4. The lowest BCUT2D eigenvalue weighted by Gasteiger charge is -2.28. The highest BCUT2D eigenvalue weighted by Crippen LogP contribution is 2.12. The summed E-state index contributed by atoms with van der Waals surface area (Å²) < 4.78 is 0. The van der Waals surface area contributed by atoms with Gasteiger partial charge in [0, 0.05) is 6.42 Å². The molecule has 0 saturated carbocycles. The molecule has 1 aromatic rings. The largest absolute Gasteiger partial charge is 0.480 e. The van der Waals surface area contributed by atoms with Crippen LogP contribution in [0.5, 0.6) is 0 Å². The average molecular weight is 463 g/mol. The van der Waals surface area contributed by atoms with E-state index in [1.54, 1.807) is 24.3 Å². The number of hydrogen-bond donors (Lipinski definition) is 5. The molecule has 33 heavy (non-hydrogen) atoms. The molecule has 0 aliphatic rings. The van der Waals surface area contributed by atoms with Gasteiger partial charge in [0.05, 0.1) is 6.04 Å². The van der Waals surface area contributed by atoms with Crippen LogP contribution in [0.3, 0.4) is 0 Å². The van der Waals surface area contributed by atoms with Gasteiger partial charge in [-0.25, -0.2) is 4.79 Å². The molecule has 5 unspecified atom stereocenters. The van der Waals surface area contributed by atoms with E-state index >= 15 is 0 Å². The van der Waals surface area contributed by atoms with Crippen LogP contribution in [0.25, 0.3) is 0 Å². The third-order valence-corrected chi connectivity index (χ3v) is 5.44. The Morgan fingerprint density at radius 1 is 0.879 bits per heavy atom. The number of nitrogens with two attached hydrogens (primary N) is 1. The van der Waals surface area contributed by atoms with Gasteiger partial charge in [0.2, 0.25) is 17.7 Å². The zero-order valence-electron chi connectivity index (χ0n) is 20.1. The predicted molar refractivity (Wildman–Crippen MR) is 126 cm³/mol. The summed E-state index contributed by atoms with van der Waals surface area (Å²) in [5, 5.41) is 17.5. The molecule has 6 N–H and O–H groups in total. The molecule has 0 radical (unpaired) electrons. The van der Waals surface area contributed by atoms with Crippen molar-refractivity contribution in [3.05, 3.63) is 35.9 Å². The SMILES string of the molecule is CCC(C)C(NC(=O)C(C)N)C(=O)NC(CC(C)C)C(=O)NC(Cc1ccccc1)C(=O)O. The van der Waals surface area contributed by atoms with Gasteiger partial charge in [-0.15, -0.1) is 0 Å². The minimum Gasteiger partial charge on any atom is -0.480 e. The molecule has 0 spiro atoms. The Morgan fingerprint density at radius 3 is 1.94 bits per heavy atom. The van der Waals surface area contributed by atoms with E-state index in [0.717, 1.165) is 5.56 Å². The third-order valence-electron chi connectivity index (χ3n) is 5.44. The molecule has 0 aliphatic heterocycles. The summed E-state index contributed by atoms with van der Waals surface area (Å²) in [6, 6.07) is 5.24. The number of carboxylic acids is 1. The fraction of sp³-hybridized carbons (Fsp3) is 0.583. The zero-order valence-corrected chi connectivity index (χ0v) is 20.1. The van der Waals surface area contributed by atoms with Gasteiger partial charge in [0.1, 0.15) is 18.1 Å². The number of nitrogens with one attached hydrogen (secondary N) is 3. The normalized spacial score (nSPS) is 15.6. The van der Waals surface area contributed by atoms with Gasteiger partial charge in [-0.3, -0.25) is 14.4 Å². The van der Waals surface area contributed by atoms with Crippen LogP contribution < -0.4 is 21.7 Å². The van der Waals surface area contributed by atoms with E-state index in [4.69, 9.17) is 5.73 Å². The van der Waals surface area contributed by atoms with Gasteiger partial charge in [0.15, 0.2) is 0 Å². The smallest absolute Gasteiger partial charge is 0.326 e. The van der Waals surface area contributed by atoms with Crippen molar-refractivity contribution < 1.29 is 24.3 Å². The quantitative estimate of drug-likeness (QED) is 0.297. The minimum atomic E-state index is -1.16. The first kappa shape index (κ1) is 28.1. The van der Waals surface area contributed by atoms with E-state index in [0.29, 0.717) is 12.8 Å². The number of carboxylic acid groups (broad SMARTS) is 1. The topological polar surface area (TPSA) is 151 Å². The predicted octanol–water partition coefficient (Wildman–Crippen LogP) is 1.21. The summed E-state index contributed by atoms with van der Waals surface area (Å²) >= 11 is 0. The van der Waals surface area contributed by atoms with Crippen molar-refractivity contribution in [3.63, 3.8) is 0 Å². The van der Waals surface area contributed by atoms with Crippen LogP contribution in [0.2, 0.25) is 0 Å². The molecule has 9 heteroatoms. The van der Waals surface area contributed by atoms with E-state index in [9.17, 15) is 24.3 Å². The van der Waals surface area contributed by atoms with Crippen LogP contribution in [0.4, 0.5) is 0 Å².